The van der Waals surface area contributed by atoms with Gasteiger partial charge in [0.2, 0.25) is 0 Å². The fourth-order valence-corrected chi connectivity index (χ4v) is 5.09. The van der Waals surface area contributed by atoms with Crippen molar-refractivity contribution in [3.05, 3.63) is 89.0 Å². The SMILES string of the molecule is CCCC(O)C1CC=C(c2ccc(-c3ccc(-c4ccc(C5CO5)c(F)c4F)cc3)c(F)c2F)CC1. The number of ether oxygens (including phenoxy) is 1. The van der Waals surface area contributed by atoms with Crippen LogP contribution >= 0.6 is 0 Å². The number of halogens is 4. The Balaban J connectivity index is 1.37. The van der Waals surface area contributed by atoms with Crippen molar-refractivity contribution < 1.29 is 27.4 Å². The maximum atomic E-state index is 15.1. The molecule has 1 fully saturated rings. The van der Waals surface area contributed by atoms with Crippen molar-refractivity contribution in [2.45, 2.75) is 51.2 Å². The third-order valence-corrected chi connectivity index (χ3v) is 7.31. The normalized spacial score (nSPS) is 20.2. The van der Waals surface area contributed by atoms with E-state index >= 15 is 8.78 Å². The topological polar surface area (TPSA) is 32.8 Å². The minimum absolute atomic E-state index is 0.0945. The van der Waals surface area contributed by atoms with E-state index in [-0.39, 0.29) is 34.3 Å². The third-order valence-electron chi connectivity index (χ3n) is 7.31. The second kappa shape index (κ2) is 10.2. The molecule has 0 aromatic heterocycles. The van der Waals surface area contributed by atoms with Crippen LogP contribution in [0.15, 0.2) is 54.6 Å². The minimum atomic E-state index is -0.956. The molecule has 3 atom stereocenters. The van der Waals surface area contributed by atoms with Crippen LogP contribution in [-0.2, 0) is 4.74 Å². The van der Waals surface area contributed by atoms with Crippen molar-refractivity contribution in [3.8, 4) is 22.3 Å². The van der Waals surface area contributed by atoms with Crippen LogP contribution in [-0.4, -0.2) is 17.8 Å². The van der Waals surface area contributed by atoms with E-state index in [0.29, 0.717) is 30.6 Å². The molecule has 36 heavy (non-hydrogen) atoms. The van der Waals surface area contributed by atoms with Gasteiger partial charge in [-0.2, -0.15) is 0 Å². The summed E-state index contributed by atoms with van der Waals surface area (Å²) in [6, 6.07) is 12.4. The highest BCUT2D eigenvalue weighted by atomic mass is 19.2. The van der Waals surface area contributed by atoms with Gasteiger partial charge in [-0.25, -0.2) is 17.6 Å². The Hall–Kier alpha value is -2.96. The Morgan fingerprint density at radius 2 is 1.39 bits per heavy atom. The fraction of sp³-hybridized carbons (Fsp3) is 0.333. The van der Waals surface area contributed by atoms with Gasteiger partial charge in [0.05, 0.1) is 12.7 Å². The first kappa shape index (κ1) is 24.7. The Labute approximate surface area is 208 Å². The molecule has 6 heteroatoms. The molecular weight excluding hydrogens is 468 g/mol. The number of hydrogen-bond donors (Lipinski definition) is 1. The van der Waals surface area contributed by atoms with Crippen LogP contribution in [0.4, 0.5) is 17.6 Å². The van der Waals surface area contributed by atoms with E-state index in [4.69, 9.17) is 4.74 Å². The Morgan fingerprint density at radius 3 is 1.94 bits per heavy atom. The zero-order valence-corrected chi connectivity index (χ0v) is 20.0. The Morgan fingerprint density at radius 1 is 0.833 bits per heavy atom. The molecule has 1 heterocycles. The van der Waals surface area contributed by atoms with Gasteiger partial charge in [-0.3, -0.25) is 0 Å². The smallest absolute Gasteiger partial charge is 0.167 e. The molecule has 0 saturated carbocycles. The molecule has 3 aromatic carbocycles. The number of epoxide rings is 1. The molecule has 2 aliphatic rings. The number of hydrogen-bond acceptors (Lipinski definition) is 2. The van der Waals surface area contributed by atoms with Crippen LogP contribution in [0, 0.1) is 29.2 Å². The fourth-order valence-electron chi connectivity index (χ4n) is 5.09. The van der Waals surface area contributed by atoms with Crippen molar-refractivity contribution in [2.24, 2.45) is 5.92 Å². The van der Waals surface area contributed by atoms with Crippen LogP contribution in [0.25, 0.3) is 27.8 Å². The summed E-state index contributed by atoms with van der Waals surface area (Å²) < 4.78 is 64.3. The average molecular weight is 497 g/mol. The second-order valence-corrected chi connectivity index (χ2v) is 9.64. The van der Waals surface area contributed by atoms with E-state index in [1.54, 1.807) is 36.4 Å². The number of aliphatic hydroxyl groups excluding tert-OH is 1. The van der Waals surface area contributed by atoms with Crippen LogP contribution in [0.3, 0.4) is 0 Å². The van der Waals surface area contributed by atoms with E-state index in [9.17, 15) is 13.9 Å². The van der Waals surface area contributed by atoms with Crippen molar-refractivity contribution in [3.63, 3.8) is 0 Å². The molecule has 3 unspecified atom stereocenters. The highest BCUT2D eigenvalue weighted by Gasteiger charge is 2.30. The van der Waals surface area contributed by atoms with E-state index in [1.807, 2.05) is 13.0 Å². The van der Waals surface area contributed by atoms with Crippen LogP contribution < -0.4 is 0 Å². The van der Waals surface area contributed by atoms with Crippen molar-refractivity contribution >= 4 is 5.57 Å². The minimum Gasteiger partial charge on any atom is -0.393 e. The monoisotopic (exact) mass is 496 g/mol. The van der Waals surface area contributed by atoms with E-state index in [0.717, 1.165) is 24.8 Å². The molecule has 2 nitrogen and oxygen atoms in total. The molecule has 0 bridgehead atoms. The molecule has 3 aromatic rings. The number of benzene rings is 3. The Bertz CT molecular complexity index is 1300. The van der Waals surface area contributed by atoms with Gasteiger partial charge in [0.1, 0.15) is 6.10 Å². The summed E-state index contributed by atoms with van der Waals surface area (Å²) in [6.07, 6.45) is 4.77. The quantitative estimate of drug-likeness (QED) is 0.266. The summed E-state index contributed by atoms with van der Waals surface area (Å²) in [5.74, 6) is -3.58. The highest BCUT2D eigenvalue weighted by Crippen LogP contribution is 2.38. The van der Waals surface area contributed by atoms with Gasteiger partial charge in [-0.1, -0.05) is 68.0 Å². The molecular formula is C30H28F4O2. The van der Waals surface area contributed by atoms with Gasteiger partial charge in [0.25, 0.3) is 0 Å². The largest absolute Gasteiger partial charge is 0.393 e. The summed E-state index contributed by atoms with van der Waals surface area (Å²) in [5, 5.41) is 10.2. The first-order valence-corrected chi connectivity index (χ1v) is 12.4. The number of allylic oxidation sites excluding steroid dienone is 2. The van der Waals surface area contributed by atoms with E-state index in [2.05, 4.69) is 0 Å². The van der Waals surface area contributed by atoms with E-state index in [1.165, 1.54) is 12.1 Å². The lowest BCUT2D eigenvalue weighted by molar-refractivity contribution is 0.0934. The maximum Gasteiger partial charge on any atom is 0.167 e. The Kier molecular flexibility index (Phi) is 7.00. The third kappa shape index (κ3) is 4.72. The summed E-state index contributed by atoms with van der Waals surface area (Å²) in [5.41, 5.74) is 2.26. The first-order valence-electron chi connectivity index (χ1n) is 12.4. The summed E-state index contributed by atoms with van der Waals surface area (Å²) in [4.78, 5) is 0. The highest BCUT2D eigenvalue weighted by molar-refractivity contribution is 5.74. The molecule has 1 aliphatic heterocycles. The van der Waals surface area contributed by atoms with Crippen LogP contribution in [0.2, 0.25) is 0 Å². The van der Waals surface area contributed by atoms with Crippen LogP contribution in [0.5, 0.6) is 0 Å². The molecule has 0 radical (unpaired) electrons. The van der Waals surface area contributed by atoms with Gasteiger partial charge in [-0.05, 0) is 48.3 Å². The summed E-state index contributed by atoms with van der Waals surface area (Å²) in [7, 11) is 0. The zero-order valence-electron chi connectivity index (χ0n) is 20.0. The van der Waals surface area contributed by atoms with Gasteiger partial charge < -0.3 is 9.84 Å². The van der Waals surface area contributed by atoms with Crippen LogP contribution in [0.1, 0.15) is 56.3 Å². The average Bonchev–Trinajstić information content (AvgIpc) is 3.73. The molecule has 1 aliphatic carbocycles. The van der Waals surface area contributed by atoms with Crippen molar-refractivity contribution in [1.29, 1.82) is 0 Å². The molecule has 1 saturated heterocycles. The molecule has 5 rings (SSSR count). The predicted molar refractivity (Wildman–Crippen MR) is 132 cm³/mol. The molecule has 1 N–H and O–H groups in total. The second-order valence-electron chi connectivity index (χ2n) is 9.64. The van der Waals surface area contributed by atoms with E-state index < -0.39 is 29.4 Å². The van der Waals surface area contributed by atoms with Crippen molar-refractivity contribution in [1.82, 2.24) is 0 Å². The summed E-state index contributed by atoms with van der Waals surface area (Å²) in [6.45, 7) is 2.41. The molecule has 0 amide bonds. The summed E-state index contributed by atoms with van der Waals surface area (Å²) >= 11 is 0. The molecule has 188 valence electrons. The standard InChI is InChI=1S/C30H28F4O2/c1-2-3-25(35)20-10-8-19(9-11-20)22-13-12-21(27(31)28(22)32)17-4-6-18(7-5-17)23-14-15-24(26-16-36-26)30(34)29(23)33/h4-8,12-15,20,25-26,35H,2-3,9-11,16H2,1H3. The van der Waals surface area contributed by atoms with Gasteiger partial charge in [-0.15, -0.1) is 0 Å². The first-order chi connectivity index (χ1) is 17.4. The maximum absolute atomic E-state index is 15.1. The van der Waals surface area contributed by atoms with Crippen molar-refractivity contribution in [2.75, 3.05) is 6.61 Å². The number of aliphatic hydroxyl groups is 1. The van der Waals surface area contributed by atoms with Gasteiger partial charge in [0.15, 0.2) is 23.3 Å². The van der Waals surface area contributed by atoms with Gasteiger partial charge >= 0.3 is 0 Å². The molecule has 0 spiro atoms. The lowest BCUT2D eigenvalue weighted by atomic mass is 9.82. The zero-order chi connectivity index (χ0) is 25.4. The lowest BCUT2D eigenvalue weighted by Gasteiger charge is -2.26. The lowest BCUT2D eigenvalue weighted by Crippen LogP contribution is -2.22. The number of rotatable bonds is 7. The predicted octanol–water partition coefficient (Wildman–Crippen LogP) is 7.99. The van der Waals surface area contributed by atoms with Gasteiger partial charge in [0, 0.05) is 22.3 Å².